The Labute approximate surface area is 152 Å². The lowest BCUT2D eigenvalue weighted by Crippen LogP contribution is -2.42. The molecule has 2 aromatic rings. The molecule has 1 fully saturated rings. The van der Waals surface area contributed by atoms with Gasteiger partial charge in [0.05, 0.1) is 11.6 Å². The van der Waals surface area contributed by atoms with Crippen LogP contribution in [0.4, 0.5) is 9.59 Å². The van der Waals surface area contributed by atoms with Crippen molar-refractivity contribution >= 4 is 12.2 Å². The molecule has 0 bridgehead atoms. The van der Waals surface area contributed by atoms with Crippen molar-refractivity contribution in [3.8, 4) is 0 Å². The molecule has 0 aromatic heterocycles. The molecule has 2 N–H and O–H groups in total. The number of benzene rings is 2. The first-order valence-corrected chi connectivity index (χ1v) is 8.51. The maximum absolute atomic E-state index is 11.9. The minimum atomic E-state index is -0.514. The first-order chi connectivity index (χ1) is 12.5. The van der Waals surface area contributed by atoms with Crippen molar-refractivity contribution in [1.29, 1.82) is 0 Å². The predicted molar refractivity (Wildman–Crippen MR) is 96.3 cm³/mol. The van der Waals surface area contributed by atoms with Crippen molar-refractivity contribution in [3.63, 3.8) is 0 Å². The summed E-state index contributed by atoms with van der Waals surface area (Å²) in [5.74, 6) is 0. The van der Waals surface area contributed by atoms with Crippen molar-refractivity contribution in [2.75, 3.05) is 0 Å². The van der Waals surface area contributed by atoms with Gasteiger partial charge in [-0.05, 0) is 24.5 Å². The highest BCUT2D eigenvalue weighted by Gasteiger charge is 2.53. The first-order valence-electron chi connectivity index (χ1n) is 8.51. The van der Waals surface area contributed by atoms with Crippen LogP contribution in [0.15, 0.2) is 60.7 Å². The van der Waals surface area contributed by atoms with Crippen LogP contribution in [0.5, 0.6) is 0 Å². The van der Waals surface area contributed by atoms with E-state index in [1.165, 1.54) is 0 Å². The second kappa shape index (κ2) is 7.91. The highest BCUT2D eigenvalue weighted by atomic mass is 16.6. The van der Waals surface area contributed by atoms with Crippen LogP contribution in [-0.4, -0.2) is 23.8 Å². The molecule has 1 saturated carbocycles. The van der Waals surface area contributed by atoms with Crippen molar-refractivity contribution in [3.05, 3.63) is 71.8 Å². The smallest absolute Gasteiger partial charge is 0.407 e. The monoisotopic (exact) mass is 354 g/mol. The van der Waals surface area contributed by atoms with E-state index in [2.05, 4.69) is 10.6 Å². The van der Waals surface area contributed by atoms with E-state index in [1.807, 2.05) is 67.6 Å². The van der Waals surface area contributed by atoms with Crippen LogP contribution in [0, 0.1) is 0 Å². The lowest BCUT2D eigenvalue weighted by atomic mass is 10.2. The Morgan fingerprint density at radius 3 is 1.96 bits per heavy atom. The van der Waals surface area contributed by atoms with E-state index in [9.17, 15) is 9.59 Å². The van der Waals surface area contributed by atoms with E-state index < -0.39 is 17.7 Å². The highest BCUT2D eigenvalue weighted by Crippen LogP contribution is 2.35. The summed E-state index contributed by atoms with van der Waals surface area (Å²) in [6, 6.07) is 18.7. The SMILES string of the molecule is CC1(NC(=O)OCc2ccccc2)CC1NC(=O)OCc1ccccc1. The molecule has 2 unspecified atom stereocenters. The summed E-state index contributed by atoms with van der Waals surface area (Å²) in [5.41, 5.74) is 1.33. The van der Waals surface area contributed by atoms with E-state index in [0.29, 0.717) is 6.42 Å². The van der Waals surface area contributed by atoms with Gasteiger partial charge < -0.3 is 20.1 Å². The van der Waals surface area contributed by atoms with Crippen LogP contribution in [0.2, 0.25) is 0 Å². The van der Waals surface area contributed by atoms with Gasteiger partial charge in [-0.2, -0.15) is 0 Å². The number of hydrogen-bond donors (Lipinski definition) is 2. The van der Waals surface area contributed by atoms with E-state index in [0.717, 1.165) is 11.1 Å². The van der Waals surface area contributed by atoms with Crippen molar-refractivity contribution in [1.82, 2.24) is 10.6 Å². The third-order valence-corrected chi connectivity index (χ3v) is 4.34. The molecule has 2 amide bonds. The fourth-order valence-corrected chi connectivity index (χ4v) is 2.61. The summed E-state index contributed by atoms with van der Waals surface area (Å²) < 4.78 is 10.4. The van der Waals surface area contributed by atoms with Gasteiger partial charge in [0.25, 0.3) is 0 Å². The van der Waals surface area contributed by atoms with Gasteiger partial charge in [0, 0.05) is 0 Å². The lowest BCUT2D eigenvalue weighted by Gasteiger charge is -2.15. The van der Waals surface area contributed by atoms with Crippen LogP contribution >= 0.6 is 0 Å². The Hall–Kier alpha value is -3.02. The summed E-state index contributed by atoms with van der Waals surface area (Å²) in [7, 11) is 0. The first kappa shape index (κ1) is 17.8. The Kier molecular flexibility index (Phi) is 5.41. The van der Waals surface area contributed by atoms with Gasteiger partial charge in [-0.1, -0.05) is 60.7 Å². The number of ether oxygens (including phenoxy) is 2. The van der Waals surface area contributed by atoms with Gasteiger partial charge in [0.1, 0.15) is 13.2 Å². The summed E-state index contributed by atoms with van der Waals surface area (Å²) in [5, 5.41) is 5.56. The van der Waals surface area contributed by atoms with Gasteiger partial charge in [-0.15, -0.1) is 0 Å². The number of amides is 2. The van der Waals surface area contributed by atoms with Gasteiger partial charge >= 0.3 is 12.2 Å². The summed E-state index contributed by atoms with van der Waals surface area (Å²) in [6.45, 7) is 2.28. The molecule has 6 heteroatoms. The van der Waals surface area contributed by atoms with Gasteiger partial charge in [0.2, 0.25) is 0 Å². The fraction of sp³-hybridized carbons (Fsp3) is 0.300. The summed E-state index contributed by atoms with van der Waals surface area (Å²) in [6.07, 6.45) is -0.367. The third kappa shape index (κ3) is 4.99. The molecule has 1 aliphatic rings. The Bertz CT molecular complexity index is 751. The molecular weight excluding hydrogens is 332 g/mol. The zero-order chi connectivity index (χ0) is 18.4. The van der Waals surface area contributed by atoms with E-state index in [4.69, 9.17) is 9.47 Å². The third-order valence-electron chi connectivity index (χ3n) is 4.34. The van der Waals surface area contributed by atoms with Crippen LogP contribution in [0.1, 0.15) is 24.5 Å². The molecule has 3 rings (SSSR count). The molecule has 26 heavy (non-hydrogen) atoms. The molecule has 136 valence electrons. The number of hydrogen-bond acceptors (Lipinski definition) is 4. The average molecular weight is 354 g/mol. The molecule has 6 nitrogen and oxygen atoms in total. The maximum atomic E-state index is 11.9. The molecule has 0 spiro atoms. The quantitative estimate of drug-likeness (QED) is 0.834. The molecular formula is C20H22N2O4. The summed E-state index contributed by atoms with van der Waals surface area (Å²) in [4.78, 5) is 23.8. The Morgan fingerprint density at radius 2 is 1.42 bits per heavy atom. The summed E-state index contributed by atoms with van der Waals surface area (Å²) >= 11 is 0. The van der Waals surface area contributed by atoms with Crippen molar-refractivity contribution in [2.24, 2.45) is 0 Å². The molecule has 0 heterocycles. The molecule has 0 saturated heterocycles. The average Bonchev–Trinajstić information content (AvgIpc) is 3.28. The largest absolute Gasteiger partial charge is 0.445 e. The van der Waals surface area contributed by atoms with Gasteiger partial charge in [-0.3, -0.25) is 0 Å². The van der Waals surface area contributed by atoms with Crippen LogP contribution in [0.3, 0.4) is 0 Å². The number of alkyl carbamates (subject to hydrolysis) is 2. The number of carbonyl (C=O) groups is 2. The van der Waals surface area contributed by atoms with Crippen LogP contribution in [0.25, 0.3) is 0 Å². The maximum Gasteiger partial charge on any atom is 0.407 e. The molecule has 1 aliphatic carbocycles. The van der Waals surface area contributed by atoms with E-state index >= 15 is 0 Å². The Balaban J connectivity index is 1.37. The zero-order valence-electron chi connectivity index (χ0n) is 14.6. The number of nitrogens with one attached hydrogen (secondary N) is 2. The zero-order valence-corrected chi connectivity index (χ0v) is 14.6. The van der Waals surface area contributed by atoms with Crippen molar-refractivity contribution < 1.29 is 19.1 Å². The molecule has 2 atom stereocenters. The molecule has 0 radical (unpaired) electrons. The van der Waals surface area contributed by atoms with E-state index in [-0.39, 0.29) is 19.3 Å². The second-order valence-corrected chi connectivity index (χ2v) is 6.57. The minimum absolute atomic E-state index is 0.171. The molecule has 2 aromatic carbocycles. The van der Waals surface area contributed by atoms with E-state index in [1.54, 1.807) is 0 Å². The van der Waals surface area contributed by atoms with Crippen LogP contribution < -0.4 is 10.6 Å². The number of rotatable bonds is 6. The minimum Gasteiger partial charge on any atom is -0.445 e. The number of carbonyl (C=O) groups excluding carboxylic acids is 2. The van der Waals surface area contributed by atoms with Crippen molar-refractivity contribution in [2.45, 2.75) is 38.1 Å². The predicted octanol–water partition coefficient (Wildman–Crippen LogP) is 3.37. The van der Waals surface area contributed by atoms with Gasteiger partial charge in [0.15, 0.2) is 0 Å². The van der Waals surface area contributed by atoms with Crippen LogP contribution in [-0.2, 0) is 22.7 Å². The normalized spacial score (nSPS) is 20.7. The van der Waals surface area contributed by atoms with Gasteiger partial charge in [-0.25, -0.2) is 9.59 Å². The lowest BCUT2D eigenvalue weighted by molar-refractivity contribution is 0.130. The fourth-order valence-electron chi connectivity index (χ4n) is 2.61. The Morgan fingerprint density at radius 1 is 0.923 bits per heavy atom. The topological polar surface area (TPSA) is 76.7 Å². The second-order valence-electron chi connectivity index (χ2n) is 6.57. The standard InChI is InChI=1S/C20H22N2O4/c1-20(22-19(24)26-14-16-10-6-3-7-11-16)12-17(20)21-18(23)25-13-15-8-4-2-5-9-15/h2-11,17H,12-14H2,1H3,(H,21,23)(H,22,24). The highest BCUT2D eigenvalue weighted by molar-refractivity contribution is 5.71. The molecule has 0 aliphatic heterocycles.